The molecule has 0 fully saturated rings. The first-order chi connectivity index (χ1) is 15.5. The van der Waals surface area contributed by atoms with Crippen LogP contribution in [0.3, 0.4) is 0 Å². The zero-order valence-electron chi connectivity index (χ0n) is 18.0. The fraction of sp³-hybridized carbons (Fsp3) is 0.227. The molecule has 0 saturated carbocycles. The number of ether oxygens (including phenoxy) is 3. The molecular formula is C22H21FN4O4S. The molecular weight excluding hydrogens is 435 g/mol. The number of rotatable bonds is 8. The van der Waals surface area contributed by atoms with Crippen LogP contribution >= 0.6 is 11.8 Å². The van der Waals surface area contributed by atoms with Gasteiger partial charge in [-0.05, 0) is 31.2 Å². The third-order valence-electron chi connectivity index (χ3n) is 4.67. The second-order valence-corrected chi connectivity index (χ2v) is 7.67. The molecule has 8 nitrogen and oxygen atoms in total. The highest BCUT2D eigenvalue weighted by Gasteiger charge is 2.22. The van der Waals surface area contributed by atoms with Crippen molar-refractivity contribution in [3.63, 3.8) is 0 Å². The third-order valence-corrected chi connectivity index (χ3v) is 5.62. The Morgan fingerprint density at radius 2 is 1.72 bits per heavy atom. The van der Waals surface area contributed by atoms with E-state index in [0.29, 0.717) is 51.0 Å². The monoisotopic (exact) mass is 456 g/mol. The lowest BCUT2D eigenvalue weighted by atomic mass is 10.1. The van der Waals surface area contributed by atoms with E-state index in [9.17, 15) is 4.39 Å². The van der Waals surface area contributed by atoms with Gasteiger partial charge in [0.1, 0.15) is 11.6 Å². The summed E-state index contributed by atoms with van der Waals surface area (Å²) < 4.78 is 38.1. The number of hydrogen-bond donors (Lipinski definition) is 0. The van der Waals surface area contributed by atoms with E-state index in [1.807, 2.05) is 13.0 Å². The van der Waals surface area contributed by atoms with Crippen molar-refractivity contribution in [2.24, 2.45) is 0 Å². The summed E-state index contributed by atoms with van der Waals surface area (Å²) in [7, 11) is 4.59. The van der Waals surface area contributed by atoms with E-state index in [2.05, 4.69) is 15.4 Å². The highest BCUT2D eigenvalue weighted by Crippen LogP contribution is 2.42. The summed E-state index contributed by atoms with van der Waals surface area (Å²) in [6, 6.07) is 11.8. The number of benzene rings is 2. The van der Waals surface area contributed by atoms with Crippen molar-refractivity contribution >= 4 is 11.8 Å². The summed E-state index contributed by atoms with van der Waals surface area (Å²) in [6.07, 6.45) is 0. The lowest BCUT2D eigenvalue weighted by Crippen LogP contribution is -2.03. The van der Waals surface area contributed by atoms with E-state index in [1.54, 1.807) is 34.9 Å². The van der Waals surface area contributed by atoms with Gasteiger partial charge in [0.25, 0.3) is 0 Å². The van der Waals surface area contributed by atoms with Crippen molar-refractivity contribution in [3.8, 4) is 34.3 Å². The number of aromatic nitrogens is 4. The van der Waals surface area contributed by atoms with Gasteiger partial charge in [-0.3, -0.25) is 4.57 Å². The maximum Gasteiger partial charge on any atom is 0.203 e. The van der Waals surface area contributed by atoms with Gasteiger partial charge in [-0.15, -0.1) is 10.2 Å². The largest absolute Gasteiger partial charge is 0.493 e. The van der Waals surface area contributed by atoms with Crippen LogP contribution in [0.5, 0.6) is 17.2 Å². The van der Waals surface area contributed by atoms with Crippen molar-refractivity contribution < 1.29 is 23.1 Å². The molecule has 4 rings (SSSR count). The molecule has 0 bridgehead atoms. The first kappa shape index (κ1) is 21.7. The Bertz CT molecular complexity index is 1220. The number of thioether (sulfide) groups is 1. The van der Waals surface area contributed by atoms with Crippen molar-refractivity contribution in [1.82, 2.24) is 19.9 Å². The minimum Gasteiger partial charge on any atom is -0.493 e. The molecule has 2 heterocycles. The Morgan fingerprint density at radius 3 is 2.31 bits per heavy atom. The molecule has 0 atom stereocenters. The SMILES string of the molecule is COc1cc(-c2nnc(SCc3cc(C)no3)n2-c2ccccc2F)cc(OC)c1OC. The molecule has 2 aromatic heterocycles. The Morgan fingerprint density at radius 1 is 1.00 bits per heavy atom. The fourth-order valence-corrected chi connectivity index (χ4v) is 4.05. The molecule has 32 heavy (non-hydrogen) atoms. The highest BCUT2D eigenvalue weighted by molar-refractivity contribution is 7.98. The van der Waals surface area contributed by atoms with Gasteiger partial charge in [-0.2, -0.15) is 0 Å². The second-order valence-electron chi connectivity index (χ2n) is 6.73. The minimum atomic E-state index is -0.404. The topological polar surface area (TPSA) is 84.4 Å². The normalized spacial score (nSPS) is 10.9. The predicted octanol–water partition coefficient (Wildman–Crippen LogP) is 4.69. The van der Waals surface area contributed by atoms with Gasteiger partial charge >= 0.3 is 0 Å². The summed E-state index contributed by atoms with van der Waals surface area (Å²) >= 11 is 1.36. The van der Waals surface area contributed by atoms with Crippen molar-refractivity contribution in [1.29, 1.82) is 0 Å². The molecule has 0 saturated heterocycles. The molecule has 0 aliphatic carbocycles. The first-order valence-electron chi connectivity index (χ1n) is 9.61. The Balaban J connectivity index is 1.84. The maximum absolute atomic E-state index is 14.8. The van der Waals surface area contributed by atoms with Crippen LogP contribution in [0.25, 0.3) is 17.1 Å². The lowest BCUT2D eigenvalue weighted by Gasteiger charge is -2.15. The molecule has 0 spiro atoms. The maximum atomic E-state index is 14.8. The van der Waals surface area contributed by atoms with Crippen molar-refractivity contribution in [3.05, 3.63) is 59.7 Å². The first-order valence-corrected chi connectivity index (χ1v) is 10.6. The molecule has 0 aliphatic heterocycles. The Hall–Kier alpha value is -3.53. The standard InChI is InChI=1S/C22H21FN4O4S/c1-13-9-15(31-26-13)12-32-22-25-24-21(27(22)17-8-6-5-7-16(17)23)14-10-18(28-2)20(30-4)19(11-14)29-3/h5-11H,12H2,1-4H3. The van der Waals surface area contributed by atoms with E-state index in [1.165, 1.54) is 39.2 Å². The van der Waals surface area contributed by atoms with Crippen LogP contribution in [0.4, 0.5) is 4.39 Å². The Labute approximate surface area is 188 Å². The summed E-state index contributed by atoms with van der Waals surface area (Å²) in [5, 5.41) is 13.1. The summed E-state index contributed by atoms with van der Waals surface area (Å²) in [6.45, 7) is 1.85. The zero-order valence-corrected chi connectivity index (χ0v) is 18.8. The van der Waals surface area contributed by atoms with E-state index < -0.39 is 5.82 Å². The summed E-state index contributed by atoms with van der Waals surface area (Å²) in [4.78, 5) is 0. The predicted molar refractivity (Wildman–Crippen MR) is 117 cm³/mol. The van der Waals surface area contributed by atoms with Crippen LogP contribution < -0.4 is 14.2 Å². The molecule has 0 amide bonds. The summed E-state index contributed by atoms with van der Waals surface area (Å²) in [5.41, 5.74) is 1.73. The van der Waals surface area contributed by atoms with Crippen LogP contribution in [0.15, 0.2) is 52.1 Å². The molecule has 4 aromatic rings. The average Bonchev–Trinajstić information content (AvgIpc) is 3.42. The number of nitrogens with zero attached hydrogens (tertiary/aromatic N) is 4. The highest BCUT2D eigenvalue weighted by atomic mass is 32.2. The zero-order chi connectivity index (χ0) is 22.7. The van der Waals surface area contributed by atoms with Gasteiger partial charge in [0.05, 0.1) is 38.5 Å². The lowest BCUT2D eigenvalue weighted by molar-refractivity contribution is 0.324. The van der Waals surface area contributed by atoms with Crippen LogP contribution in [-0.2, 0) is 5.75 Å². The summed E-state index contributed by atoms with van der Waals surface area (Å²) in [5.74, 6) is 2.52. The van der Waals surface area contributed by atoms with E-state index >= 15 is 0 Å². The number of para-hydroxylation sites is 1. The minimum absolute atomic E-state index is 0.317. The molecule has 0 unspecified atom stereocenters. The van der Waals surface area contributed by atoms with Crippen molar-refractivity contribution in [2.75, 3.05) is 21.3 Å². The molecule has 10 heteroatoms. The van der Waals surface area contributed by atoms with Crippen LogP contribution in [0.2, 0.25) is 0 Å². The van der Waals surface area contributed by atoms with Gasteiger partial charge in [-0.1, -0.05) is 29.1 Å². The van der Waals surface area contributed by atoms with E-state index in [0.717, 1.165) is 5.69 Å². The van der Waals surface area contributed by atoms with Gasteiger partial charge in [0.2, 0.25) is 5.75 Å². The average molecular weight is 456 g/mol. The number of halogens is 1. The third kappa shape index (κ3) is 4.13. The molecule has 2 aromatic carbocycles. The van der Waals surface area contributed by atoms with Gasteiger partial charge in [0.15, 0.2) is 22.5 Å². The van der Waals surface area contributed by atoms with Gasteiger partial charge in [0, 0.05) is 11.6 Å². The van der Waals surface area contributed by atoms with Gasteiger partial charge in [-0.25, -0.2) is 4.39 Å². The van der Waals surface area contributed by atoms with Gasteiger partial charge < -0.3 is 18.7 Å². The number of methoxy groups -OCH3 is 3. The van der Waals surface area contributed by atoms with E-state index in [4.69, 9.17) is 18.7 Å². The van der Waals surface area contributed by atoms with Crippen LogP contribution in [0.1, 0.15) is 11.5 Å². The molecule has 0 N–H and O–H groups in total. The Kier molecular flexibility index (Phi) is 6.31. The van der Waals surface area contributed by atoms with Crippen molar-refractivity contribution in [2.45, 2.75) is 17.8 Å². The van der Waals surface area contributed by atoms with Crippen LogP contribution in [-0.4, -0.2) is 41.3 Å². The smallest absolute Gasteiger partial charge is 0.203 e. The fourth-order valence-electron chi connectivity index (χ4n) is 3.23. The molecule has 0 radical (unpaired) electrons. The molecule has 0 aliphatic rings. The number of aryl methyl sites for hydroxylation is 1. The van der Waals surface area contributed by atoms with E-state index in [-0.39, 0.29) is 0 Å². The van der Waals surface area contributed by atoms with Crippen LogP contribution in [0, 0.1) is 12.7 Å². The quantitative estimate of drug-likeness (QED) is 0.353. The molecule has 166 valence electrons. The number of hydrogen-bond acceptors (Lipinski definition) is 8. The second kappa shape index (κ2) is 9.31.